The van der Waals surface area contributed by atoms with Gasteiger partial charge in [0.2, 0.25) is 0 Å². The first kappa shape index (κ1) is 63.4. The van der Waals surface area contributed by atoms with Gasteiger partial charge in [0.05, 0.1) is 0 Å². The van der Waals surface area contributed by atoms with Crippen molar-refractivity contribution in [3.05, 3.63) is 48.6 Å². The number of ether oxygens (including phenoxy) is 3. The summed E-state index contributed by atoms with van der Waals surface area (Å²) in [5, 5.41) is 0. The largest absolute Gasteiger partial charge is 0.462 e. The van der Waals surface area contributed by atoms with Gasteiger partial charge in [-0.15, -0.1) is 0 Å². The summed E-state index contributed by atoms with van der Waals surface area (Å²) in [7, 11) is 0. The monoisotopic (exact) mass is 925 g/mol. The fraction of sp³-hybridized carbons (Fsp3) is 0.817. The lowest BCUT2D eigenvalue weighted by Gasteiger charge is -2.18. The minimum Gasteiger partial charge on any atom is -0.462 e. The van der Waals surface area contributed by atoms with E-state index < -0.39 is 6.10 Å². The Morgan fingerprint density at radius 1 is 0.303 bits per heavy atom. The molecule has 6 heteroatoms. The number of hydrogen-bond donors (Lipinski definition) is 0. The van der Waals surface area contributed by atoms with Gasteiger partial charge in [-0.3, -0.25) is 14.4 Å². The van der Waals surface area contributed by atoms with Gasteiger partial charge in [-0.2, -0.15) is 0 Å². The molecule has 0 heterocycles. The Hall–Kier alpha value is -2.63. The number of allylic oxidation sites excluding steroid dienone is 8. The van der Waals surface area contributed by atoms with Crippen LogP contribution in [0, 0.1) is 0 Å². The number of carbonyl (C=O) groups excluding carboxylic acids is 3. The van der Waals surface area contributed by atoms with Gasteiger partial charge >= 0.3 is 17.9 Å². The van der Waals surface area contributed by atoms with Gasteiger partial charge in [-0.05, 0) is 64.2 Å². The molecule has 0 saturated carbocycles. The molecule has 0 saturated heterocycles. The lowest BCUT2D eigenvalue weighted by molar-refractivity contribution is -0.167. The van der Waals surface area contributed by atoms with E-state index in [-0.39, 0.29) is 31.1 Å². The smallest absolute Gasteiger partial charge is 0.306 e. The zero-order valence-corrected chi connectivity index (χ0v) is 44.0. The normalized spacial score (nSPS) is 12.3. The van der Waals surface area contributed by atoms with E-state index in [1.165, 1.54) is 173 Å². The van der Waals surface area contributed by atoms with Crippen molar-refractivity contribution < 1.29 is 28.6 Å². The highest BCUT2D eigenvalue weighted by molar-refractivity contribution is 5.71. The Morgan fingerprint density at radius 2 is 0.545 bits per heavy atom. The zero-order chi connectivity index (χ0) is 47.9. The maximum Gasteiger partial charge on any atom is 0.306 e. The van der Waals surface area contributed by atoms with Crippen molar-refractivity contribution in [1.82, 2.24) is 0 Å². The van der Waals surface area contributed by atoms with Crippen LogP contribution < -0.4 is 0 Å². The minimum atomic E-state index is -0.782. The van der Waals surface area contributed by atoms with Crippen molar-refractivity contribution in [3.8, 4) is 0 Å². The van der Waals surface area contributed by atoms with Crippen LogP contribution in [-0.2, 0) is 28.6 Å². The SMILES string of the molecule is CCCCC/C=C\C/C=C\C/C=C\C/C=C\CCCCCC(=O)OC[C@@H](COC(=O)CCCCCCCCCCCCCCC)OC(=O)CCCCCCCCCCCCCCCCCC. The van der Waals surface area contributed by atoms with E-state index in [0.717, 1.165) is 83.5 Å². The quantitative estimate of drug-likeness (QED) is 0.0262. The molecular weight excluding hydrogens is 817 g/mol. The number of rotatable bonds is 52. The molecule has 0 aliphatic rings. The van der Waals surface area contributed by atoms with Crippen LogP contribution in [0.2, 0.25) is 0 Å². The predicted octanol–water partition coefficient (Wildman–Crippen LogP) is 19.0. The van der Waals surface area contributed by atoms with Crippen molar-refractivity contribution >= 4 is 17.9 Å². The summed E-state index contributed by atoms with van der Waals surface area (Å²) in [5.41, 5.74) is 0. The van der Waals surface area contributed by atoms with Gasteiger partial charge in [0, 0.05) is 19.3 Å². The molecule has 0 aliphatic carbocycles. The standard InChI is InChI=1S/C60H108O6/c1-4-7-10-13-16-19-22-25-27-29-30-31-33-35-38-41-44-47-50-53-59(62)65-56-57(55-64-58(61)52-49-46-43-40-37-34-24-21-18-15-12-9-6-3)66-60(63)54-51-48-45-42-39-36-32-28-26-23-20-17-14-11-8-5-2/h16,19,25,27,30-31,35,38,57H,4-15,17-18,20-24,26,28-29,32-34,36-37,39-56H2,1-3H3/b19-16-,27-25-,31-30-,38-35-/t57-/m1/s1. The molecule has 0 bridgehead atoms. The molecule has 0 aromatic rings. The van der Waals surface area contributed by atoms with Gasteiger partial charge in [0.1, 0.15) is 13.2 Å². The lowest BCUT2D eigenvalue weighted by Crippen LogP contribution is -2.30. The van der Waals surface area contributed by atoms with E-state index in [1.807, 2.05) is 0 Å². The molecule has 0 rings (SSSR count). The molecule has 0 spiro atoms. The Bertz CT molecular complexity index is 1150. The number of hydrogen-bond acceptors (Lipinski definition) is 6. The average molecular weight is 926 g/mol. The number of esters is 3. The summed E-state index contributed by atoms with van der Waals surface area (Å²) < 4.78 is 16.8. The van der Waals surface area contributed by atoms with Crippen molar-refractivity contribution in [2.75, 3.05) is 13.2 Å². The molecule has 384 valence electrons. The second kappa shape index (κ2) is 55.0. The van der Waals surface area contributed by atoms with E-state index in [0.29, 0.717) is 19.3 Å². The zero-order valence-electron chi connectivity index (χ0n) is 44.0. The van der Waals surface area contributed by atoms with Crippen LogP contribution in [0.15, 0.2) is 48.6 Å². The highest BCUT2D eigenvalue weighted by Crippen LogP contribution is 2.16. The number of unbranched alkanes of at least 4 members (excludes halogenated alkanes) is 33. The van der Waals surface area contributed by atoms with E-state index in [9.17, 15) is 14.4 Å². The van der Waals surface area contributed by atoms with Crippen molar-refractivity contribution in [2.45, 2.75) is 303 Å². The third-order valence-electron chi connectivity index (χ3n) is 12.6. The third kappa shape index (κ3) is 52.3. The van der Waals surface area contributed by atoms with E-state index in [2.05, 4.69) is 69.4 Å². The Morgan fingerprint density at radius 3 is 0.879 bits per heavy atom. The topological polar surface area (TPSA) is 78.9 Å². The Balaban J connectivity index is 4.39. The molecule has 0 amide bonds. The fourth-order valence-corrected chi connectivity index (χ4v) is 8.25. The van der Waals surface area contributed by atoms with Crippen molar-refractivity contribution in [3.63, 3.8) is 0 Å². The fourth-order valence-electron chi connectivity index (χ4n) is 8.25. The number of carbonyl (C=O) groups is 3. The van der Waals surface area contributed by atoms with Gasteiger partial charge in [0.15, 0.2) is 6.10 Å². The first-order valence-electron chi connectivity index (χ1n) is 28.6. The minimum absolute atomic E-state index is 0.0790. The van der Waals surface area contributed by atoms with Crippen LogP contribution in [0.3, 0.4) is 0 Å². The maximum absolute atomic E-state index is 12.8. The summed E-state index contributed by atoms with van der Waals surface area (Å²) in [6.07, 6.45) is 66.7. The van der Waals surface area contributed by atoms with Gasteiger partial charge in [0.25, 0.3) is 0 Å². The van der Waals surface area contributed by atoms with Gasteiger partial charge in [-0.1, -0.05) is 262 Å². The molecule has 1 atom stereocenters. The van der Waals surface area contributed by atoms with Crippen molar-refractivity contribution in [2.24, 2.45) is 0 Å². The molecule has 66 heavy (non-hydrogen) atoms. The second-order valence-electron chi connectivity index (χ2n) is 19.2. The Kier molecular flexibility index (Phi) is 52.8. The lowest BCUT2D eigenvalue weighted by atomic mass is 10.0. The van der Waals surface area contributed by atoms with Gasteiger partial charge in [-0.25, -0.2) is 0 Å². The second-order valence-corrected chi connectivity index (χ2v) is 19.2. The molecular formula is C60H108O6. The summed E-state index contributed by atoms with van der Waals surface area (Å²) in [4.78, 5) is 38.1. The average Bonchev–Trinajstić information content (AvgIpc) is 3.31. The van der Waals surface area contributed by atoms with Crippen LogP contribution in [0.1, 0.15) is 297 Å². The molecule has 0 aromatic carbocycles. The highest BCUT2D eigenvalue weighted by atomic mass is 16.6. The summed E-state index contributed by atoms with van der Waals surface area (Å²) in [5.74, 6) is -0.895. The molecule has 0 unspecified atom stereocenters. The highest BCUT2D eigenvalue weighted by Gasteiger charge is 2.19. The molecule has 0 radical (unpaired) electrons. The van der Waals surface area contributed by atoms with E-state index >= 15 is 0 Å². The van der Waals surface area contributed by atoms with Gasteiger partial charge < -0.3 is 14.2 Å². The van der Waals surface area contributed by atoms with E-state index in [1.54, 1.807) is 0 Å². The Labute approximate surface area is 409 Å². The molecule has 0 aliphatic heterocycles. The van der Waals surface area contributed by atoms with Crippen LogP contribution in [-0.4, -0.2) is 37.2 Å². The maximum atomic E-state index is 12.8. The first-order chi connectivity index (χ1) is 32.5. The molecule has 0 aromatic heterocycles. The summed E-state index contributed by atoms with van der Waals surface area (Å²) >= 11 is 0. The van der Waals surface area contributed by atoms with Crippen LogP contribution in [0.4, 0.5) is 0 Å². The summed E-state index contributed by atoms with van der Waals surface area (Å²) in [6.45, 7) is 6.62. The third-order valence-corrected chi connectivity index (χ3v) is 12.6. The molecule has 6 nitrogen and oxygen atoms in total. The molecule has 0 N–H and O–H groups in total. The van der Waals surface area contributed by atoms with Crippen LogP contribution in [0.5, 0.6) is 0 Å². The predicted molar refractivity (Wildman–Crippen MR) is 284 cm³/mol. The van der Waals surface area contributed by atoms with E-state index in [4.69, 9.17) is 14.2 Å². The summed E-state index contributed by atoms with van der Waals surface area (Å²) in [6, 6.07) is 0. The first-order valence-corrected chi connectivity index (χ1v) is 28.6. The van der Waals surface area contributed by atoms with Crippen LogP contribution in [0.25, 0.3) is 0 Å². The van der Waals surface area contributed by atoms with Crippen LogP contribution >= 0.6 is 0 Å². The molecule has 0 fully saturated rings. The van der Waals surface area contributed by atoms with Crippen molar-refractivity contribution in [1.29, 1.82) is 0 Å².